The van der Waals surface area contributed by atoms with Crippen molar-refractivity contribution < 1.29 is 19.1 Å². The van der Waals surface area contributed by atoms with Gasteiger partial charge in [0.1, 0.15) is 0 Å². The fourth-order valence-electron chi connectivity index (χ4n) is 4.39. The van der Waals surface area contributed by atoms with Gasteiger partial charge in [0.15, 0.2) is 0 Å². The zero-order chi connectivity index (χ0) is 19.1. The van der Waals surface area contributed by atoms with Crippen molar-refractivity contribution in [1.29, 1.82) is 0 Å². The van der Waals surface area contributed by atoms with Gasteiger partial charge >= 0.3 is 6.09 Å². The average Bonchev–Trinajstić information content (AvgIpc) is 2.74. The van der Waals surface area contributed by atoms with Crippen LogP contribution >= 0.6 is 0 Å². The van der Waals surface area contributed by atoms with Crippen molar-refractivity contribution in [2.45, 2.75) is 51.5 Å². The summed E-state index contributed by atoms with van der Waals surface area (Å²) >= 11 is 0. The van der Waals surface area contributed by atoms with Crippen molar-refractivity contribution in [3.63, 3.8) is 0 Å². The minimum atomic E-state index is -0.166. The minimum Gasteiger partial charge on any atom is -0.449 e. The Morgan fingerprint density at radius 1 is 1.00 bits per heavy atom. The van der Waals surface area contributed by atoms with Crippen LogP contribution in [0, 0.1) is 5.92 Å². The highest BCUT2D eigenvalue weighted by Crippen LogP contribution is 2.25. The summed E-state index contributed by atoms with van der Waals surface area (Å²) in [7, 11) is 0. The van der Waals surface area contributed by atoms with E-state index < -0.39 is 0 Å². The molecule has 2 amide bonds. The van der Waals surface area contributed by atoms with Crippen LogP contribution in [0.25, 0.3) is 0 Å². The summed E-state index contributed by atoms with van der Waals surface area (Å²) in [5.41, 5.74) is 0. The third-order valence-corrected chi connectivity index (χ3v) is 6.09. The molecule has 3 aliphatic heterocycles. The number of rotatable bonds is 5. The minimum absolute atomic E-state index is 0.119. The van der Waals surface area contributed by atoms with Crippen LogP contribution in [-0.2, 0) is 14.3 Å². The van der Waals surface area contributed by atoms with Gasteiger partial charge in [0.05, 0.1) is 25.7 Å². The molecule has 3 heterocycles. The van der Waals surface area contributed by atoms with Crippen LogP contribution in [-0.4, -0.2) is 91.8 Å². The first kappa shape index (κ1) is 20.4. The first-order chi connectivity index (χ1) is 13.2. The molecule has 0 aromatic heterocycles. The van der Waals surface area contributed by atoms with Gasteiger partial charge in [-0.05, 0) is 38.6 Å². The van der Waals surface area contributed by atoms with Crippen LogP contribution in [0.2, 0.25) is 0 Å². The van der Waals surface area contributed by atoms with E-state index in [2.05, 4.69) is 11.8 Å². The molecule has 154 valence electrons. The molecule has 0 saturated carbocycles. The van der Waals surface area contributed by atoms with Gasteiger partial charge in [-0.1, -0.05) is 13.3 Å². The Morgan fingerprint density at radius 2 is 1.74 bits per heavy atom. The quantitative estimate of drug-likeness (QED) is 0.681. The highest BCUT2D eigenvalue weighted by molar-refractivity contribution is 5.79. The molecule has 3 saturated heterocycles. The number of carbonyl (C=O) groups excluding carboxylic acids is 2. The largest absolute Gasteiger partial charge is 0.449 e. The summed E-state index contributed by atoms with van der Waals surface area (Å²) in [6.45, 7) is 8.84. The van der Waals surface area contributed by atoms with Crippen LogP contribution in [0.5, 0.6) is 0 Å². The van der Waals surface area contributed by atoms with Crippen molar-refractivity contribution in [1.82, 2.24) is 14.7 Å². The first-order valence-electron chi connectivity index (χ1n) is 10.7. The second kappa shape index (κ2) is 10.3. The van der Waals surface area contributed by atoms with E-state index in [1.54, 1.807) is 0 Å². The maximum absolute atomic E-state index is 12.8. The van der Waals surface area contributed by atoms with Gasteiger partial charge in [-0.2, -0.15) is 0 Å². The number of hydrogen-bond donors (Lipinski definition) is 0. The van der Waals surface area contributed by atoms with Crippen LogP contribution in [0.15, 0.2) is 0 Å². The van der Waals surface area contributed by atoms with Crippen molar-refractivity contribution in [2.24, 2.45) is 5.92 Å². The van der Waals surface area contributed by atoms with E-state index in [0.717, 1.165) is 77.8 Å². The number of ether oxygens (including phenoxy) is 2. The molecular formula is C20H35N3O4. The molecule has 0 spiro atoms. The fraction of sp³-hybridized carbons (Fsp3) is 0.900. The Bertz CT molecular complexity index is 488. The number of hydrogen-bond acceptors (Lipinski definition) is 5. The average molecular weight is 382 g/mol. The summed E-state index contributed by atoms with van der Waals surface area (Å²) in [6, 6.07) is 0.477. The molecule has 0 radical (unpaired) electrons. The van der Waals surface area contributed by atoms with Gasteiger partial charge in [-0.15, -0.1) is 0 Å². The lowest BCUT2D eigenvalue weighted by molar-refractivity contribution is -0.141. The molecule has 0 unspecified atom stereocenters. The topological polar surface area (TPSA) is 62.3 Å². The zero-order valence-electron chi connectivity index (χ0n) is 16.7. The summed E-state index contributed by atoms with van der Waals surface area (Å²) in [5.74, 6) is 0.425. The van der Waals surface area contributed by atoms with Gasteiger partial charge in [-0.25, -0.2) is 4.79 Å². The van der Waals surface area contributed by atoms with Gasteiger partial charge in [-0.3, -0.25) is 9.69 Å². The molecule has 7 nitrogen and oxygen atoms in total. The number of piperidine rings is 2. The number of carbonyl (C=O) groups is 2. The standard InChI is InChI=1S/C20H35N3O4/c1-2-3-13-27-20(25)22-9-6-18(7-10-22)23-8-4-5-17(16-23)19(24)21-11-14-26-15-12-21/h17-18H,2-16H2,1H3/t17-/m1/s1. The third kappa shape index (κ3) is 5.57. The van der Waals surface area contributed by atoms with Crippen molar-refractivity contribution in [3.8, 4) is 0 Å². The Morgan fingerprint density at radius 3 is 2.44 bits per heavy atom. The number of unbranched alkanes of at least 4 members (excludes halogenated alkanes) is 1. The molecule has 27 heavy (non-hydrogen) atoms. The highest BCUT2D eigenvalue weighted by Gasteiger charge is 2.34. The molecule has 0 aliphatic carbocycles. The third-order valence-electron chi connectivity index (χ3n) is 6.09. The summed E-state index contributed by atoms with van der Waals surface area (Å²) < 4.78 is 10.7. The Balaban J connectivity index is 1.44. The first-order valence-corrected chi connectivity index (χ1v) is 10.7. The van der Waals surface area contributed by atoms with Crippen molar-refractivity contribution in [3.05, 3.63) is 0 Å². The molecule has 3 rings (SSSR count). The Hall–Kier alpha value is -1.34. The lowest BCUT2D eigenvalue weighted by Gasteiger charge is -2.42. The van der Waals surface area contributed by atoms with Gasteiger partial charge in [0.25, 0.3) is 0 Å². The molecule has 0 bridgehead atoms. The Kier molecular flexibility index (Phi) is 7.76. The second-order valence-electron chi connectivity index (χ2n) is 7.96. The second-order valence-corrected chi connectivity index (χ2v) is 7.96. The van der Waals surface area contributed by atoms with Gasteiger partial charge in [0.2, 0.25) is 5.91 Å². The van der Waals surface area contributed by atoms with E-state index in [0.29, 0.717) is 31.8 Å². The predicted octanol–water partition coefficient (Wildman–Crippen LogP) is 1.96. The van der Waals surface area contributed by atoms with Gasteiger partial charge in [0, 0.05) is 38.8 Å². The molecule has 0 aromatic carbocycles. The van der Waals surface area contributed by atoms with Crippen LogP contribution in [0.1, 0.15) is 45.4 Å². The molecule has 1 atom stereocenters. The predicted molar refractivity (Wildman–Crippen MR) is 103 cm³/mol. The normalized spacial score (nSPS) is 25.4. The fourth-order valence-corrected chi connectivity index (χ4v) is 4.39. The molecule has 0 N–H and O–H groups in total. The zero-order valence-corrected chi connectivity index (χ0v) is 16.7. The van der Waals surface area contributed by atoms with Crippen molar-refractivity contribution >= 4 is 12.0 Å². The van der Waals surface area contributed by atoms with E-state index in [1.807, 2.05) is 9.80 Å². The van der Waals surface area contributed by atoms with Crippen LogP contribution in [0.3, 0.4) is 0 Å². The van der Waals surface area contributed by atoms with Crippen LogP contribution < -0.4 is 0 Å². The summed E-state index contributed by atoms with van der Waals surface area (Å²) in [4.78, 5) is 31.2. The molecular weight excluding hydrogens is 346 g/mol. The number of amides is 2. The monoisotopic (exact) mass is 381 g/mol. The highest BCUT2D eigenvalue weighted by atomic mass is 16.6. The summed E-state index contributed by atoms with van der Waals surface area (Å²) in [6.07, 6.45) is 5.82. The van der Waals surface area contributed by atoms with E-state index in [-0.39, 0.29) is 12.0 Å². The van der Waals surface area contributed by atoms with E-state index >= 15 is 0 Å². The van der Waals surface area contributed by atoms with Crippen molar-refractivity contribution in [2.75, 3.05) is 59.1 Å². The molecule has 3 aliphatic rings. The van der Waals surface area contributed by atoms with E-state index in [1.165, 1.54) is 0 Å². The SMILES string of the molecule is CCCCOC(=O)N1CCC(N2CCC[C@@H](C(=O)N3CCOCC3)C2)CC1. The Labute approximate surface area is 162 Å². The summed E-state index contributed by atoms with van der Waals surface area (Å²) in [5, 5.41) is 0. The lowest BCUT2D eigenvalue weighted by atomic mass is 9.93. The van der Waals surface area contributed by atoms with Gasteiger partial charge < -0.3 is 19.3 Å². The van der Waals surface area contributed by atoms with Crippen LogP contribution in [0.4, 0.5) is 4.79 Å². The number of nitrogens with zero attached hydrogens (tertiary/aromatic N) is 3. The molecule has 0 aromatic rings. The van der Waals surface area contributed by atoms with E-state index in [4.69, 9.17) is 9.47 Å². The maximum atomic E-state index is 12.8. The molecule has 3 fully saturated rings. The van der Waals surface area contributed by atoms with E-state index in [9.17, 15) is 9.59 Å². The smallest absolute Gasteiger partial charge is 0.409 e. The number of likely N-dealkylation sites (tertiary alicyclic amines) is 2. The number of morpholine rings is 1. The lowest BCUT2D eigenvalue weighted by Crippen LogP contribution is -2.53. The maximum Gasteiger partial charge on any atom is 0.409 e. The molecule has 7 heteroatoms.